The molecule has 0 radical (unpaired) electrons. The Hall–Kier alpha value is -0.632. The number of hydrogen-bond acceptors (Lipinski definition) is 16. The molecular formula is C18H20MoN10O4S10. The molecule has 0 aromatic carbocycles. The van der Waals surface area contributed by atoms with Crippen LogP contribution < -0.4 is 10.6 Å². The van der Waals surface area contributed by atoms with Crippen LogP contribution in [0.3, 0.4) is 0 Å². The van der Waals surface area contributed by atoms with Gasteiger partial charge in [-0.1, -0.05) is 24.4 Å². The minimum absolute atomic E-state index is 0.0490. The van der Waals surface area contributed by atoms with E-state index in [-0.39, 0.29) is 39.9 Å². The zero-order valence-electron chi connectivity index (χ0n) is 21.2. The molecule has 25 heteroatoms. The monoisotopic (exact) mass is 858 g/mol. The van der Waals surface area contributed by atoms with Crippen molar-refractivity contribution >= 4 is 152 Å². The van der Waals surface area contributed by atoms with Crippen molar-refractivity contribution in [3.8, 4) is 0 Å². The Kier molecular flexibility index (Phi) is 17.7. The Bertz CT molecular complexity index is 1220. The average Bonchev–Trinajstić information content (AvgIpc) is 3.78. The second-order valence-corrected chi connectivity index (χ2v) is 14.3. The molecule has 0 saturated carbocycles. The molecule has 4 N–H and O–H groups in total. The number of imidazole rings is 2. The first-order valence-electron chi connectivity index (χ1n) is 11.2. The minimum atomic E-state index is -2.03. The fourth-order valence-electron chi connectivity index (χ4n) is 3.22. The Morgan fingerprint density at radius 1 is 0.814 bits per heavy atom. The third kappa shape index (κ3) is 11.3. The summed E-state index contributed by atoms with van der Waals surface area (Å²) in [6.07, 6.45) is 6.05. The van der Waals surface area contributed by atoms with Gasteiger partial charge >= 0.3 is 37.1 Å². The molecule has 2 atom stereocenters. The first kappa shape index (κ1) is 38.6. The number of H-pyrrole nitrogens is 2. The maximum absolute atomic E-state index is 12.5. The van der Waals surface area contributed by atoms with Gasteiger partial charge in [0.05, 0.1) is 0 Å². The predicted octanol–water partition coefficient (Wildman–Crippen LogP) is 1.23. The molecule has 2 amide bonds. The quantitative estimate of drug-likeness (QED) is 0.0856. The number of amides is 2. The SMILES string of the molecule is O=C(c1ncc[nH]1)N(C(=S)S)N(C(=S)[S-])C1NCCS1.O=C(c1ncc[nH]1)N(C(=S)S)N(C(=S)[S-])C1NCCS1.[O]=[Mo+2]=[O]. The second kappa shape index (κ2) is 19.8. The number of aromatic nitrogens is 4. The van der Waals surface area contributed by atoms with Crippen LogP contribution in [0.4, 0.5) is 0 Å². The van der Waals surface area contributed by atoms with E-state index in [1.807, 2.05) is 0 Å². The number of carbonyl (C=O) groups is 2. The number of thiol groups is 2. The summed E-state index contributed by atoms with van der Waals surface area (Å²) in [6, 6.07) is 0. The van der Waals surface area contributed by atoms with Crippen molar-refractivity contribution in [2.75, 3.05) is 24.6 Å². The molecule has 0 aliphatic carbocycles. The van der Waals surface area contributed by atoms with Crippen LogP contribution in [0, 0.1) is 0 Å². The van der Waals surface area contributed by atoms with Gasteiger partial charge in [0.1, 0.15) is 11.0 Å². The van der Waals surface area contributed by atoms with Crippen LogP contribution in [0.25, 0.3) is 0 Å². The van der Waals surface area contributed by atoms with Crippen molar-refractivity contribution < 1.29 is 34.9 Å². The average molecular weight is 857 g/mol. The Balaban J connectivity index is 0.000000275. The number of carbonyl (C=O) groups excluding carboxylic acids is 2. The molecule has 43 heavy (non-hydrogen) atoms. The summed E-state index contributed by atoms with van der Waals surface area (Å²) >= 11 is 39.7. The number of rotatable bonds is 4. The topological polar surface area (TPSA) is 163 Å². The van der Waals surface area contributed by atoms with Gasteiger partial charge < -0.3 is 59.7 Å². The molecule has 0 spiro atoms. The number of aromatic amines is 2. The summed E-state index contributed by atoms with van der Waals surface area (Å²) in [5, 5.41) is 11.6. The molecule has 2 aliphatic rings. The van der Waals surface area contributed by atoms with Gasteiger partial charge in [0.15, 0.2) is 20.3 Å². The first-order valence-corrected chi connectivity index (χ1v) is 18.3. The van der Waals surface area contributed by atoms with Gasteiger partial charge in [-0.25, -0.2) is 9.97 Å². The second-order valence-electron chi connectivity index (χ2n) is 7.32. The number of nitrogens with zero attached hydrogens (tertiary/aromatic N) is 6. The van der Waals surface area contributed by atoms with Gasteiger partial charge in [-0.3, -0.25) is 30.2 Å². The summed E-state index contributed by atoms with van der Waals surface area (Å²) in [7, 11) is 0. The van der Waals surface area contributed by atoms with Crippen LogP contribution in [0.5, 0.6) is 0 Å². The zero-order valence-corrected chi connectivity index (χ0v) is 31.5. The fourth-order valence-corrected chi connectivity index (χ4v) is 7.02. The van der Waals surface area contributed by atoms with Gasteiger partial charge in [0.2, 0.25) is 0 Å². The normalized spacial score (nSPS) is 16.7. The third-order valence-electron chi connectivity index (χ3n) is 4.79. The molecule has 2 aromatic heterocycles. The summed E-state index contributed by atoms with van der Waals surface area (Å²) in [6.45, 7) is 1.60. The molecule has 232 valence electrons. The van der Waals surface area contributed by atoms with E-state index in [1.165, 1.54) is 22.4 Å². The van der Waals surface area contributed by atoms with E-state index in [1.54, 1.807) is 35.9 Å². The molecule has 4 heterocycles. The van der Waals surface area contributed by atoms with Crippen molar-refractivity contribution in [1.82, 2.24) is 50.6 Å². The summed E-state index contributed by atoms with van der Waals surface area (Å²) in [5.41, 5.74) is -0.493. The van der Waals surface area contributed by atoms with E-state index in [0.717, 1.165) is 34.6 Å². The van der Waals surface area contributed by atoms with Crippen molar-refractivity contribution in [3.63, 3.8) is 0 Å². The van der Waals surface area contributed by atoms with Gasteiger partial charge in [-0.05, 0) is 8.64 Å². The van der Waals surface area contributed by atoms with Gasteiger partial charge in [-0.2, -0.15) is 10.0 Å². The third-order valence-corrected chi connectivity index (χ3v) is 8.51. The van der Waals surface area contributed by atoms with E-state index in [2.05, 4.69) is 55.8 Å². The van der Waals surface area contributed by atoms with E-state index < -0.39 is 30.3 Å². The van der Waals surface area contributed by atoms with Crippen molar-refractivity contribution in [3.05, 3.63) is 36.4 Å². The predicted molar refractivity (Wildman–Crippen MR) is 186 cm³/mol. The van der Waals surface area contributed by atoms with E-state index in [9.17, 15) is 9.59 Å². The summed E-state index contributed by atoms with van der Waals surface area (Å²) < 4.78 is 17.3. The maximum atomic E-state index is 12.5. The number of nitrogens with one attached hydrogen (secondary N) is 4. The molecule has 14 nitrogen and oxygen atoms in total. The molecular weight excluding hydrogens is 837 g/mol. The van der Waals surface area contributed by atoms with Crippen LogP contribution in [0.2, 0.25) is 0 Å². The van der Waals surface area contributed by atoms with Gasteiger partial charge in [0.25, 0.3) is 0 Å². The van der Waals surface area contributed by atoms with Gasteiger partial charge in [0, 0.05) is 49.4 Å². The number of hydrazine groups is 2. The van der Waals surface area contributed by atoms with Crippen LogP contribution in [-0.4, -0.2) is 105 Å². The summed E-state index contributed by atoms with van der Waals surface area (Å²) in [4.78, 5) is 38.2. The molecule has 2 saturated heterocycles. The van der Waals surface area contributed by atoms with Crippen LogP contribution in [0.1, 0.15) is 21.2 Å². The molecule has 4 rings (SSSR count). The van der Waals surface area contributed by atoms with E-state index >= 15 is 0 Å². The number of thiocarbonyl (C=S) groups is 4. The standard InChI is InChI=1S/2C9H11N5OS5.Mo.2O/c2*15-6(5-10-1-2-11-5)13(8(16)17)14(9(18)19)7-12-3-4-20-7;;;/h2*1-2,7,12H,3-4H2,(H,10,11)(H,16,17)(H,18,19);;;/q;;+2;;/p-2. The molecule has 2 aromatic rings. The Morgan fingerprint density at radius 2 is 1.16 bits per heavy atom. The number of hydrogen-bond donors (Lipinski definition) is 6. The van der Waals surface area contributed by atoms with Crippen LogP contribution >= 0.6 is 97.7 Å². The van der Waals surface area contributed by atoms with Crippen molar-refractivity contribution in [1.29, 1.82) is 0 Å². The molecule has 2 fully saturated rings. The molecule has 2 unspecified atom stereocenters. The molecule has 0 bridgehead atoms. The fraction of sp³-hybridized carbons (Fsp3) is 0.333. The van der Waals surface area contributed by atoms with Crippen LogP contribution in [0.15, 0.2) is 24.8 Å². The first-order chi connectivity index (χ1) is 20.5. The Morgan fingerprint density at radius 3 is 1.37 bits per heavy atom. The van der Waals surface area contributed by atoms with E-state index in [0.29, 0.717) is 0 Å². The van der Waals surface area contributed by atoms with E-state index in [4.69, 9.17) is 80.9 Å². The Labute approximate surface area is 306 Å². The van der Waals surface area contributed by atoms with Crippen LogP contribution in [-0.2, 0) is 50.5 Å². The van der Waals surface area contributed by atoms with Crippen molar-refractivity contribution in [2.45, 2.75) is 11.0 Å². The number of thioether (sulfide) groups is 2. The zero-order chi connectivity index (χ0) is 32.1. The summed E-state index contributed by atoms with van der Waals surface area (Å²) in [5.74, 6) is 1.14. The molecule has 2 aliphatic heterocycles. The van der Waals surface area contributed by atoms with Crippen molar-refractivity contribution in [2.24, 2.45) is 0 Å². The van der Waals surface area contributed by atoms with Gasteiger partial charge in [-0.15, -0.1) is 48.8 Å².